The van der Waals surface area contributed by atoms with Gasteiger partial charge in [0.2, 0.25) is 0 Å². The second-order valence-corrected chi connectivity index (χ2v) is 7.00. The zero-order valence-corrected chi connectivity index (χ0v) is 15.7. The maximum Gasteiger partial charge on any atom is 0.337 e. The predicted molar refractivity (Wildman–Crippen MR) is 107 cm³/mol. The lowest BCUT2D eigenvalue weighted by atomic mass is 10.1. The van der Waals surface area contributed by atoms with Crippen LogP contribution >= 0.6 is 0 Å². The lowest BCUT2D eigenvalue weighted by Gasteiger charge is -2.24. The van der Waals surface area contributed by atoms with E-state index in [-0.39, 0.29) is 11.5 Å². The fourth-order valence-corrected chi connectivity index (χ4v) is 3.30. The van der Waals surface area contributed by atoms with Gasteiger partial charge in [-0.05, 0) is 57.3 Å². The number of benzene rings is 2. The van der Waals surface area contributed by atoms with Crippen LogP contribution in [0.5, 0.6) is 0 Å². The van der Waals surface area contributed by atoms with E-state index in [0.29, 0.717) is 11.3 Å². The first-order valence-corrected chi connectivity index (χ1v) is 9.13. The Morgan fingerprint density at radius 2 is 1.85 bits per heavy atom. The molecule has 1 saturated heterocycles. The van der Waals surface area contributed by atoms with Crippen LogP contribution in [-0.4, -0.2) is 55.1 Å². The van der Waals surface area contributed by atoms with Crippen LogP contribution in [0.25, 0.3) is 0 Å². The molecule has 0 radical (unpaired) electrons. The van der Waals surface area contributed by atoms with Crippen molar-refractivity contribution in [3.8, 4) is 0 Å². The Morgan fingerprint density at radius 1 is 1.04 bits per heavy atom. The summed E-state index contributed by atoms with van der Waals surface area (Å²) < 4.78 is 0. The summed E-state index contributed by atoms with van der Waals surface area (Å²) in [5, 5.41) is 12.4. The van der Waals surface area contributed by atoms with Crippen molar-refractivity contribution in [2.75, 3.05) is 43.4 Å². The van der Waals surface area contributed by atoms with Crippen LogP contribution in [0.4, 0.5) is 11.4 Å². The van der Waals surface area contributed by atoms with E-state index in [1.54, 1.807) is 24.3 Å². The summed E-state index contributed by atoms with van der Waals surface area (Å²) in [4.78, 5) is 28.7. The lowest BCUT2D eigenvalue weighted by Crippen LogP contribution is -2.29. The largest absolute Gasteiger partial charge is 0.478 e. The van der Waals surface area contributed by atoms with Gasteiger partial charge in [-0.15, -0.1) is 0 Å². The van der Waals surface area contributed by atoms with Gasteiger partial charge in [0, 0.05) is 30.9 Å². The molecule has 0 bridgehead atoms. The highest BCUT2D eigenvalue weighted by atomic mass is 16.4. The van der Waals surface area contributed by atoms with E-state index in [4.69, 9.17) is 0 Å². The predicted octanol–water partition coefficient (Wildman–Crippen LogP) is 3.09. The van der Waals surface area contributed by atoms with Crippen molar-refractivity contribution in [1.82, 2.24) is 4.90 Å². The number of carbonyl (C=O) groups is 2. The second kappa shape index (κ2) is 8.22. The number of hydrogen-bond donors (Lipinski definition) is 2. The lowest BCUT2D eigenvalue weighted by molar-refractivity contribution is 0.0698. The van der Waals surface area contributed by atoms with Gasteiger partial charge >= 0.3 is 5.97 Å². The topological polar surface area (TPSA) is 72.9 Å². The normalized spacial score (nSPS) is 15.3. The summed E-state index contributed by atoms with van der Waals surface area (Å²) in [7, 11) is 2.09. The highest BCUT2D eigenvalue weighted by Crippen LogP contribution is 2.25. The van der Waals surface area contributed by atoms with Crippen molar-refractivity contribution in [1.29, 1.82) is 0 Å². The number of amides is 1. The first kappa shape index (κ1) is 18.9. The van der Waals surface area contributed by atoms with Crippen LogP contribution in [0, 0.1) is 6.92 Å². The minimum absolute atomic E-state index is 0.103. The molecule has 0 aromatic heterocycles. The number of hydrogen-bond acceptors (Lipinski definition) is 4. The van der Waals surface area contributed by atoms with E-state index in [0.717, 1.165) is 43.9 Å². The summed E-state index contributed by atoms with van der Waals surface area (Å²) >= 11 is 0. The van der Waals surface area contributed by atoms with Gasteiger partial charge in [-0.25, -0.2) is 4.79 Å². The third kappa shape index (κ3) is 4.65. The van der Waals surface area contributed by atoms with Crippen molar-refractivity contribution < 1.29 is 14.7 Å². The van der Waals surface area contributed by atoms with Gasteiger partial charge in [0.25, 0.3) is 5.91 Å². The number of rotatable bonds is 4. The van der Waals surface area contributed by atoms with Crippen molar-refractivity contribution >= 4 is 23.3 Å². The first-order chi connectivity index (χ1) is 12.9. The molecule has 6 nitrogen and oxygen atoms in total. The van der Waals surface area contributed by atoms with Crippen LogP contribution in [0.2, 0.25) is 0 Å². The molecule has 0 spiro atoms. The number of carboxylic acid groups (broad SMARTS) is 1. The molecule has 2 aromatic rings. The Labute approximate surface area is 159 Å². The van der Waals surface area contributed by atoms with Gasteiger partial charge < -0.3 is 20.2 Å². The van der Waals surface area contributed by atoms with Crippen molar-refractivity contribution in [2.24, 2.45) is 0 Å². The van der Waals surface area contributed by atoms with Crippen LogP contribution in [0.3, 0.4) is 0 Å². The molecule has 2 N–H and O–H groups in total. The van der Waals surface area contributed by atoms with Crippen molar-refractivity contribution in [3.05, 3.63) is 59.2 Å². The SMILES string of the molecule is Cc1cccc(C(=O)Nc2ccc(N3CCCN(C)CC3)cc2C(=O)O)c1. The maximum absolute atomic E-state index is 12.5. The molecule has 1 heterocycles. The van der Waals surface area contributed by atoms with E-state index in [9.17, 15) is 14.7 Å². The smallest absolute Gasteiger partial charge is 0.337 e. The molecule has 3 rings (SSSR count). The van der Waals surface area contributed by atoms with Crippen LogP contribution in [-0.2, 0) is 0 Å². The maximum atomic E-state index is 12.5. The number of carbonyl (C=O) groups excluding carboxylic acids is 1. The monoisotopic (exact) mass is 367 g/mol. The molecule has 0 saturated carbocycles. The Hall–Kier alpha value is -2.86. The van der Waals surface area contributed by atoms with Crippen molar-refractivity contribution in [2.45, 2.75) is 13.3 Å². The quantitative estimate of drug-likeness (QED) is 0.869. The number of aryl methyl sites for hydroxylation is 1. The summed E-state index contributed by atoms with van der Waals surface area (Å²) in [5.41, 5.74) is 2.76. The molecule has 0 unspecified atom stereocenters. The molecule has 1 aliphatic rings. The van der Waals surface area contributed by atoms with Gasteiger partial charge in [0.1, 0.15) is 0 Å². The van der Waals surface area contributed by atoms with Crippen LogP contribution in [0.15, 0.2) is 42.5 Å². The summed E-state index contributed by atoms with van der Waals surface area (Å²) in [6, 6.07) is 12.4. The van der Waals surface area contributed by atoms with Crippen LogP contribution in [0.1, 0.15) is 32.7 Å². The average Bonchev–Trinajstić information content (AvgIpc) is 2.86. The number of nitrogens with one attached hydrogen (secondary N) is 1. The molecule has 0 aliphatic carbocycles. The molecular weight excluding hydrogens is 342 g/mol. The van der Waals surface area contributed by atoms with Gasteiger partial charge in [-0.3, -0.25) is 4.79 Å². The van der Waals surface area contributed by atoms with E-state index in [1.807, 2.05) is 25.1 Å². The Bertz CT molecular complexity index is 850. The zero-order valence-electron chi connectivity index (χ0n) is 15.7. The minimum Gasteiger partial charge on any atom is -0.478 e. The standard InChI is InChI=1S/C21H25N3O3/c1-15-5-3-6-16(13-15)20(25)22-19-8-7-17(14-18(19)21(26)27)24-10-4-9-23(2)11-12-24/h3,5-8,13-14H,4,9-12H2,1-2H3,(H,22,25)(H,26,27). The Balaban J connectivity index is 1.83. The molecule has 1 aliphatic heterocycles. The number of nitrogens with zero attached hydrogens (tertiary/aromatic N) is 2. The molecule has 1 fully saturated rings. The van der Waals surface area contributed by atoms with E-state index in [2.05, 4.69) is 22.2 Å². The Kier molecular flexibility index (Phi) is 5.76. The first-order valence-electron chi connectivity index (χ1n) is 9.13. The highest BCUT2D eigenvalue weighted by Gasteiger charge is 2.18. The molecule has 2 aromatic carbocycles. The number of anilines is 2. The molecule has 142 valence electrons. The fraction of sp³-hybridized carbons (Fsp3) is 0.333. The number of likely N-dealkylation sites (N-methyl/N-ethyl adjacent to an activating group) is 1. The van der Waals surface area contributed by atoms with Crippen LogP contribution < -0.4 is 10.2 Å². The molecule has 1 amide bonds. The van der Waals surface area contributed by atoms with E-state index < -0.39 is 5.97 Å². The fourth-order valence-electron chi connectivity index (χ4n) is 3.30. The Morgan fingerprint density at radius 3 is 2.59 bits per heavy atom. The molecule has 0 atom stereocenters. The summed E-state index contributed by atoms with van der Waals surface area (Å²) in [6.45, 7) is 5.62. The zero-order chi connectivity index (χ0) is 19.4. The van der Waals surface area contributed by atoms with Gasteiger partial charge in [-0.1, -0.05) is 17.7 Å². The van der Waals surface area contributed by atoms with E-state index >= 15 is 0 Å². The third-order valence-electron chi connectivity index (χ3n) is 4.85. The van der Waals surface area contributed by atoms with Gasteiger partial charge in [0.15, 0.2) is 0 Å². The average molecular weight is 367 g/mol. The van der Waals surface area contributed by atoms with Gasteiger partial charge in [-0.2, -0.15) is 0 Å². The number of aromatic carboxylic acids is 1. The summed E-state index contributed by atoms with van der Waals surface area (Å²) in [6.07, 6.45) is 1.03. The molecule has 27 heavy (non-hydrogen) atoms. The number of carboxylic acids is 1. The summed E-state index contributed by atoms with van der Waals surface area (Å²) in [5.74, 6) is -1.37. The highest BCUT2D eigenvalue weighted by molar-refractivity contribution is 6.08. The molecule has 6 heteroatoms. The third-order valence-corrected chi connectivity index (χ3v) is 4.85. The van der Waals surface area contributed by atoms with Gasteiger partial charge in [0.05, 0.1) is 11.3 Å². The second-order valence-electron chi connectivity index (χ2n) is 7.00. The van der Waals surface area contributed by atoms with Crippen molar-refractivity contribution in [3.63, 3.8) is 0 Å². The molecular formula is C21H25N3O3. The van der Waals surface area contributed by atoms with E-state index in [1.165, 1.54) is 0 Å². The minimum atomic E-state index is -1.05.